The van der Waals surface area contributed by atoms with Gasteiger partial charge in [-0.15, -0.1) is 0 Å². The van der Waals surface area contributed by atoms with Crippen molar-refractivity contribution >= 4 is 28.8 Å². The summed E-state index contributed by atoms with van der Waals surface area (Å²) in [6.45, 7) is 0.412. The molecule has 0 radical (unpaired) electrons. The van der Waals surface area contributed by atoms with Gasteiger partial charge < -0.3 is 35.6 Å². The van der Waals surface area contributed by atoms with E-state index in [1.165, 1.54) is 36.0 Å². The van der Waals surface area contributed by atoms with Crippen LogP contribution in [0.5, 0.6) is 0 Å². The van der Waals surface area contributed by atoms with Gasteiger partial charge in [-0.25, -0.2) is 19.9 Å². The molecule has 2 unspecified atom stereocenters. The molecule has 3 aromatic heterocycles. The Kier molecular flexibility index (Phi) is 8.08. The van der Waals surface area contributed by atoms with Gasteiger partial charge in [0.1, 0.15) is 17.7 Å². The number of ether oxygens (including phenoxy) is 2. The van der Waals surface area contributed by atoms with Crippen LogP contribution in [-0.2, 0) is 14.3 Å². The number of amides is 2. The van der Waals surface area contributed by atoms with Crippen molar-refractivity contribution in [3.05, 3.63) is 42.0 Å². The van der Waals surface area contributed by atoms with Gasteiger partial charge in [-0.05, 0) is 18.1 Å². The largest absolute Gasteiger partial charge is 0.387 e. The molecule has 200 valence electrons. The molecule has 4 rings (SSSR count). The Bertz CT molecular complexity index is 1390. The van der Waals surface area contributed by atoms with Crippen molar-refractivity contribution in [2.75, 3.05) is 39.6 Å². The van der Waals surface area contributed by atoms with Crippen LogP contribution in [0.3, 0.4) is 0 Å². The number of halogens is 1. The molecule has 1 aliphatic heterocycles. The number of aliphatic hydroxyl groups excluding tert-OH is 2. The van der Waals surface area contributed by atoms with Gasteiger partial charge in [0.05, 0.1) is 25.0 Å². The van der Waals surface area contributed by atoms with Gasteiger partial charge in [-0.3, -0.25) is 14.2 Å². The van der Waals surface area contributed by atoms with E-state index < -0.39 is 42.3 Å². The zero-order valence-electron chi connectivity index (χ0n) is 20.4. The van der Waals surface area contributed by atoms with Gasteiger partial charge in [0, 0.05) is 26.9 Å². The number of nitrogens with one attached hydrogen (secondary N) is 1. The molecular weight excluding hydrogens is 503 g/mol. The molecule has 15 heteroatoms. The number of carbonyl (C=O) groups excluding carboxylic acids is 2. The highest BCUT2D eigenvalue weighted by Crippen LogP contribution is 2.32. The summed E-state index contributed by atoms with van der Waals surface area (Å²) in [7, 11) is 2.87. The van der Waals surface area contributed by atoms with Crippen LogP contribution in [0.25, 0.3) is 11.2 Å². The van der Waals surface area contributed by atoms with Crippen LogP contribution in [0.1, 0.15) is 22.4 Å². The standard InChI is InChI=1S/C23H25FN8O6/c1-26-21(35)18-16(33)17(34)23(38-18)32-11-28-15-19(25)29-14(30-20(15)32)4-3-7-31(8-9-37-2)22(36)12-5-6-13(24)27-10-12/h5-6,10-11,16-18,23,33-34H,7-9H2,1-2H3,(H,26,35)(H2,25,29,30)/t16-,17+,18?,23?/m0/s1. The number of nitrogens with zero attached hydrogens (tertiary/aromatic N) is 6. The first-order valence-corrected chi connectivity index (χ1v) is 11.4. The quantitative estimate of drug-likeness (QED) is 0.205. The average Bonchev–Trinajstić information content (AvgIpc) is 3.46. The second-order valence-electron chi connectivity index (χ2n) is 8.19. The number of nitrogens with two attached hydrogens (primary N) is 1. The number of aromatic nitrogens is 5. The number of aliphatic hydroxyl groups is 2. The monoisotopic (exact) mass is 528 g/mol. The van der Waals surface area contributed by atoms with Gasteiger partial charge >= 0.3 is 0 Å². The van der Waals surface area contributed by atoms with Crippen LogP contribution in [0, 0.1) is 17.8 Å². The van der Waals surface area contributed by atoms with Gasteiger partial charge in [0.2, 0.25) is 11.8 Å². The van der Waals surface area contributed by atoms with E-state index in [-0.39, 0.29) is 48.1 Å². The predicted octanol–water partition coefficient (Wildman–Crippen LogP) is -1.55. The number of methoxy groups -OCH3 is 1. The summed E-state index contributed by atoms with van der Waals surface area (Å²) in [6.07, 6.45) is -3.00. The fraction of sp³-hybridized carbons (Fsp3) is 0.391. The van der Waals surface area contributed by atoms with Gasteiger partial charge in [0.25, 0.3) is 11.8 Å². The van der Waals surface area contributed by atoms with Crippen molar-refractivity contribution in [2.24, 2.45) is 0 Å². The topological polar surface area (TPSA) is 191 Å². The molecule has 0 bridgehead atoms. The molecule has 1 saturated heterocycles. The molecule has 4 atom stereocenters. The molecule has 4 heterocycles. The fourth-order valence-corrected chi connectivity index (χ4v) is 3.78. The number of carbonyl (C=O) groups is 2. The van der Waals surface area contributed by atoms with Crippen LogP contribution in [-0.4, -0.2) is 104 Å². The van der Waals surface area contributed by atoms with E-state index in [9.17, 15) is 24.2 Å². The van der Waals surface area contributed by atoms with Crippen molar-refractivity contribution < 1.29 is 33.7 Å². The number of likely N-dealkylation sites (N-methyl/N-ethyl adjacent to an activating group) is 1. The molecule has 1 fully saturated rings. The van der Waals surface area contributed by atoms with Gasteiger partial charge in [0.15, 0.2) is 23.8 Å². The molecule has 0 aliphatic carbocycles. The van der Waals surface area contributed by atoms with E-state index in [0.717, 1.165) is 12.3 Å². The van der Waals surface area contributed by atoms with E-state index in [0.29, 0.717) is 0 Å². The summed E-state index contributed by atoms with van der Waals surface area (Å²) in [5, 5.41) is 23.1. The summed E-state index contributed by atoms with van der Waals surface area (Å²) < 4.78 is 25.1. The van der Waals surface area contributed by atoms with E-state index >= 15 is 0 Å². The lowest BCUT2D eigenvalue weighted by Crippen LogP contribution is -2.41. The van der Waals surface area contributed by atoms with E-state index in [1.54, 1.807) is 0 Å². The Morgan fingerprint density at radius 2 is 2.08 bits per heavy atom. The molecule has 0 spiro atoms. The van der Waals surface area contributed by atoms with Crippen LogP contribution in [0.2, 0.25) is 0 Å². The number of anilines is 1. The SMILES string of the molecule is CNC(=O)C1OC(n2cnc3c(N)nc(C#CCN(CCOC)C(=O)c4ccc(F)nc4)nc32)[C@H](O)[C@@H]1O. The highest BCUT2D eigenvalue weighted by Gasteiger charge is 2.47. The van der Waals surface area contributed by atoms with Crippen LogP contribution >= 0.6 is 0 Å². The maximum Gasteiger partial charge on any atom is 0.256 e. The Balaban J connectivity index is 1.59. The summed E-state index contributed by atoms with van der Waals surface area (Å²) >= 11 is 0. The molecule has 14 nitrogen and oxygen atoms in total. The number of imidazole rings is 1. The first-order chi connectivity index (χ1) is 18.2. The lowest BCUT2D eigenvalue weighted by molar-refractivity contribution is -0.137. The highest BCUT2D eigenvalue weighted by molar-refractivity contribution is 5.94. The minimum absolute atomic E-state index is 0.00126. The smallest absolute Gasteiger partial charge is 0.256 e. The lowest BCUT2D eigenvalue weighted by Gasteiger charge is -2.19. The maximum atomic E-state index is 13.1. The summed E-state index contributed by atoms with van der Waals surface area (Å²) in [5.41, 5.74) is 6.57. The molecular formula is C23H25FN8O6. The minimum Gasteiger partial charge on any atom is -0.387 e. The zero-order valence-corrected chi connectivity index (χ0v) is 20.4. The van der Waals surface area contributed by atoms with E-state index in [1.807, 2.05) is 0 Å². The van der Waals surface area contributed by atoms with E-state index in [4.69, 9.17) is 15.2 Å². The van der Waals surface area contributed by atoms with Crippen LogP contribution < -0.4 is 11.1 Å². The Morgan fingerprint density at radius 1 is 1.29 bits per heavy atom. The molecule has 38 heavy (non-hydrogen) atoms. The number of pyridine rings is 1. The van der Waals surface area contributed by atoms with Crippen molar-refractivity contribution in [1.29, 1.82) is 0 Å². The first kappa shape index (κ1) is 26.8. The van der Waals surface area contributed by atoms with Crippen molar-refractivity contribution in [3.63, 3.8) is 0 Å². The third-order valence-corrected chi connectivity index (χ3v) is 5.76. The second kappa shape index (κ2) is 11.4. The average molecular weight is 529 g/mol. The normalized spacial score (nSPS) is 20.7. The molecule has 1 aliphatic rings. The molecule has 5 N–H and O–H groups in total. The number of hydrogen-bond donors (Lipinski definition) is 4. The number of hydrogen-bond acceptors (Lipinski definition) is 11. The fourth-order valence-electron chi connectivity index (χ4n) is 3.78. The zero-order chi connectivity index (χ0) is 27.4. The Morgan fingerprint density at radius 3 is 2.76 bits per heavy atom. The van der Waals surface area contributed by atoms with Crippen LogP contribution in [0.4, 0.5) is 10.2 Å². The Hall–Kier alpha value is -4.23. The van der Waals surface area contributed by atoms with Crippen LogP contribution in [0.15, 0.2) is 24.7 Å². The minimum atomic E-state index is -1.48. The third-order valence-electron chi connectivity index (χ3n) is 5.76. The lowest BCUT2D eigenvalue weighted by atomic mass is 10.1. The number of nitrogen functional groups attached to an aromatic ring is 1. The van der Waals surface area contributed by atoms with Gasteiger partial charge in [-0.1, -0.05) is 5.92 Å². The molecule has 0 saturated carbocycles. The highest BCUT2D eigenvalue weighted by atomic mass is 19.1. The second-order valence-corrected chi connectivity index (χ2v) is 8.19. The van der Waals surface area contributed by atoms with Crippen molar-refractivity contribution in [1.82, 2.24) is 34.7 Å². The summed E-state index contributed by atoms with van der Waals surface area (Å²) in [4.78, 5) is 42.3. The van der Waals surface area contributed by atoms with E-state index in [2.05, 4.69) is 37.1 Å². The predicted molar refractivity (Wildman–Crippen MR) is 129 cm³/mol. The summed E-state index contributed by atoms with van der Waals surface area (Å²) in [6, 6.07) is 2.41. The third kappa shape index (κ3) is 5.38. The van der Waals surface area contributed by atoms with Crippen molar-refractivity contribution in [2.45, 2.75) is 24.5 Å². The number of fused-ring (bicyclic) bond motifs is 1. The molecule has 0 aromatic carbocycles. The first-order valence-electron chi connectivity index (χ1n) is 11.4. The Labute approximate surface area is 215 Å². The molecule has 2 amide bonds. The van der Waals surface area contributed by atoms with Gasteiger partial charge in [-0.2, -0.15) is 4.39 Å². The summed E-state index contributed by atoms with van der Waals surface area (Å²) in [5.74, 6) is 3.82. The molecule has 3 aromatic rings. The number of rotatable bonds is 7. The van der Waals surface area contributed by atoms with Crippen molar-refractivity contribution in [3.8, 4) is 11.8 Å². The maximum absolute atomic E-state index is 13.1.